The van der Waals surface area contributed by atoms with E-state index < -0.39 is 0 Å². The Morgan fingerprint density at radius 3 is 2.25 bits per heavy atom. The summed E-state index contributed by atoms with van der Waals surface area (Å²) < 4.78 is 10.3. The highest BCUT2D eigenvalue weighted by Gasteiger charge is 2.17. The molecule has 5 heteroatoms. The van der Waals surface area contributed by atoms with Crippen LogP contribution in [0, 0.1) is 6.92 Å². The van der Waals surface area contributed by atoms with Crippen LogP contribution in [-0.4, -0.2) is 25.0 Å². The van der Waals surface area contributed by atoms with Crippen molar-refractivity contribution < 1.29 is 14.3 Å². The molecule has 2 aromatic rings. The molecule has 104 valence electrons. The molecule has 0 amide bonds. The molecule has 0 aliphatic carbocycles. The van der Waals surface area contributed by atoms with Gasteiger partial charge in [0, 0.05) is 17.8 Å². The molecule has 0 aliphatic rings. The van der Waals surface area contributed by atoms with Gasteiger partial charge in [0.15, 0.2) is 5.78 Å². The molecule has 0 saturated heterocycles. The van der Waals surface area contributed by atoms with E-state index in [2.05, 4.69) is 4.98 Å². The molecule has 0 bridgehead atoms. The van der Waals surface area contributed by atoms with Crippen molar-refractivity contribution in [1.29, 1.82) is 0 Å². The lowest BCUT2D eigenvalue weighted by Crippen LogP contribution is -2.09. The van der Waals surface area contributed by atoms with Crippen molar-refractivity contribution in [2.45, 2.75) is 6.92 Å². The summed E-state index contributed by atoms with van der Waals surface area (Å²) in [6, 6.07) is 6.75. The first kappa shape index (κ1) is 13.9. The topological polar surface area (TPSA) is 74.4 Å². The van der Waals surface area contributed by atoms with E-state index in [0.29, 0.717) is 22.6 Å². The highest BCUT2D eigenvalue weighted by atomic mass is 16.5. The Morgan fingerprint density at radius 2 is 1.75 bits per heavy atom. The molecule has 0 saturated carbocycles. The molecular weight excluding hydrogens is 256 g/mol. The monoisotopic (exact) mass is 272 g/mol. The zero-order chi connectivity index (χ0) is 14.7. The summed E-state index contributed by atoms with van der Waals surface area (Å²) in [4.78, 5) is 16.6. The third-order valence-corrected chi connectivity index (χ3v) is 3.03. The predicted octanol–water partition coefficient (Wildman–Crippen LogP) is 2.22. The fraction of sp³-hybridized carbons (Fsp3) is 0.200. The number of ether oxygens (including phenoxy) is 2. The number of benzene rings is 1. The highest BCUT2D eigenvalue weighted by molar-refractivity contribution is 6.12. The van der Waals surface area contributed by atoms with Crippen LogP contribution in [0.3, 0.4) is 0 Å². The number of carbonyl (C=O) groups excluding carboxylic acids is 1. The lowest BCUT2D eigenvalue weighted by atomic mass is 9.99. The second-order valence-corrected chi connectivity index (χ2v) is 4.32. The number of hydrogen-bond acceptors (Lipinski definition) is 5. The van der Waals surface area contributed by atoms with E-state index in [-0.39, 0.29) is 11.6 Å². The van der Waals surface area contributed by atoms with Crippen LogP contribution in [0.5, 0.6) is 11.5 Å². The average Bonchev–Trinajstić information content (AvgIpc) is 2.46. The molecule has 0 atom stereocenters. The molecule has 2 rings (SSSR count). The summed E-state index contributed by atoms with van der Waals surface area (Å²) in [5, 5.41) is 0. The Labute approximate surface area is 117 Å². The first-order chi connectivity index (χ1) is 9.56. The van der Waals surface area contributed by atoms with Crippen LogP contribution in [-0.2, 0) is 0 Å². The summed E-state index contributed by atoms with van der Waals surface area (Å²) in [7, 11) is 3.07. The van der Waals surface area contributed by atoms with E-state index in [1.54, 1.807) is 30.5 Å². The Kier molecular flexibility index (Phi) is 3.89. The van der Waals surface area contributed by atoms with Crippen molar-refractivity contribution in [2.24, 2.45) is 0 Å². The van der Waals surface area contributed by atoms with Gasteiger partial charge in [-0.05, 0) is 30.7 Å². The second kappa shape index (κ2) is 5.61. The Hall–Kier alpha value is -2.56. The van der Waals surface area contributed by atoms with Gasteiger partial charge in [-0.15, -0.1) is 0 Å². The number of aromatic nitrogens is 1. The number of nitrogens with zero attached hydrogens (tertiary/aromatic N) is 1. The molecule has 1 heterocycles. The van der Waals surface area contributed by atoms with Gasteiger partial charge in [-0.3, -0.25) is 4.79 Å². The number of pyridine rings is 1. The maximum Gasteiger partial charge on any atom is 0.197 e. The van der Waals surface area contributed by atoms with E-state index in [9.17, 15) is 4.79 Å². The first-order valence-electron chi connectivity index (χ1n) is 6.05. The van der Waals surface area contributed by atoms with Crippen molar-refractivity contribution in [3.05, 3.63) is 47.2 Å². The van der Waals surface area contributed by atoms with Gasteiger partial charge in [-0.1, -0.05) is 0 Å². The zero-order valence-electron chi connectivity index (χ0n) is 11.6. The SMILES string of the molecule is COc1cc(OC)cc(C(=O)c2c(C)ccnc2N)c1. The van der Waals surface area contributed by atoms with Crippen molar-refractivity contribution in [1.82, 2.24) is 4.98 Å². The molecule has 5 nitrogen and oxygen atoms in total. The van der Waals surface area contributed by atoms with Gasteiger partial charge in [0.05, 0.1) is 19.8 Å². The maximum absolute atomic E-state index is 12.6. The van der Waals surface area contributed by atoms with Gasteiger partial charge in [0.2, 0.25) is 0 Å². The number of carbonyl (C=O) groups is 1. The third-order valence-electron chi connectivity index (χ3n) is 3.03. The Balaban J connectivity index is 2.53. The Bertz CT molecular complexity index is 611. The van der Waals surface area contributed by atoms with Gasteiger partial charge in [-0.2, -0.15) is 0 Å². The fourth-order valence-electron chi connectivity index (χ4n) is 1.96. The molecule has 0 fully saturated rings. The molecule has 0 radical (unpaired) electrons. The molecule has 2 N–H and O–H groups in total. The van der Waals surface area contributed by atoms with E-state index in [1.165, 1.54) is 14.2 Å². The summed E-state index contributed by atoms with van der Waals surface area (Å²) in [6.07, 6.45) is 1.58. The molecule has 0 unspecified atom stereocenters. The minimum absolute atomic E-state index is 0.203. The van der Waals surface area contributed by atoms with Crippen LogP contribution in [0.1, 0.15) is 21.5 Å². The number of aryl methyl sites for hydroxylation is 1. The van der Waals surface area contributed by atoms with Crippen LogP contribution in [0.25, 0.3) is 0 Å². The predicted molar refractivity (Wildman–Crippen MR) is 76.4 cm³/mol. The molecule has 0 spiro atoms. The molecule has 1 aromatic heterocycles. The number of hydrogen-bond donors (Lipinski definition) is 1. The van der Waals surface area contributed by atoms with Crippen LogP contribution < -0.4 is 15.2 Å². The number of methoxy groups -OCH3 is 2. The number of ketones is 1. The van der Waals surface area contributed by atoms with Crippen LogP contribution in [0.15, 0.2) is 30.5 Å². The van der Waals surface area contributed by atoms with Crippen molar-refractivity contribution in [2.75, 3.05) is 20.0 Å². The van der Waals surface area contributed by atoms with E-state index in [0.717, 1.165) is 5.56 Å². The maximum atomic E-state index is 12.6. The second-order valence-electron chi connectivity index (χ2n) is 4.32. The summed E-state index contributed by atoms with van der Waals surface area (Å²) in [5.41, 5.74) is 7.44. The third kappa shape index (κ3) is 2.56. The smallest absolute Gasteiger partial charge is 0.197 e. The van der Waals surface area contributed by atoms with E-state index >= 15 is 0 Å². The van der Waals surface area contributed by atoms with Gasteiger partial charge >= 0.3 is 0 Å². The molecule has 1 aromatic carbocycles. The lowest BCUT2D eigenvalue weighted by Gasteiger charge is -2.10. The molecule has 20 heavy (non-hydrogen) atoms. The minimum Gasteiger partial charge on any atom is -0.497 e. The summed E-state index contributed by atoms with van der Waals surface area (Å²) in [6.45, 7) is 1.82. The largest absolute Gasteiger partial charge is 0.497 e. The van der Waals surface area contributed by atoms with Gasteiger partial charge in [-0.25, -0.2) is 4.98 Å². The first-order valence-corrected chi connectivity index (χ1v) is 6.05. The van der Waals surface area contributed by atoms with Crippen LogP contribution in [0.4, 0.5) is 5.82 Å². The number of rotatable bonds is 4. The normalized spacial score (nSPS) is 10.2. The van der Waals surface area contributed by atoms with E-state index in [4.69, 9.17) is 15.2 Å². The van der Waals surface area contributed by atoms with Crippen LogP contribution in [0.2, 0.25) is 0 Å². The average molecular weight is 272 g/mol. The number of nitrogens with two attached hydrogens (primary N) is 1. The quantitative estimate of drug-likeness (QED) is 0.864. The Morgan fingerprint density at radius 1 is 1.15 bits per heavy atom. The fourth-order valence-corrected chi connectivity index (χ4v) is 1.96. The van der Waals surface area contributed by atoms with Crippen molar-refractivity contribution in [3.8, 4) is 11.5 Å². The van der Waals surface area contributed by atoms with Crippen LogP contribution >= 0.6 is 0 Å². The molecular formula is C15H16N2O3. The van der Waals surface area contributed by atoms with E-state index in [1.807, 2.05) is 6.92 Å². The van der Waals surface area contributed by atoms with Crippen molar-refractivity contribution in [3.63, 3.8) is 0 Å². The van der Waals surface area contributed by atoms with Gasteiger partial charge < -0.3 is 15.2 Å². The summed E-state index contributed by atoms with van der Waals surface area (Å²) in [5.74, 6) is 1.11. The van der Waals surface area contributed by atoms with Gasteiger partial charge in [0.1, 0.15) is 17.3 Å². The van der Waals surface area contributed by atoms with Gasteiger partial charge in [0.25, 0.3) is 0 Å². The lowest BCUT2D eigenvalue weighted by molar-refractivity contribution is 0.103. The number of anilines is 1. The standard InChI is InChI=1S/C15H16N2O3/c1-9-4-5-17-15(16)13(9)14(18)10-6-11(19-2)8-12(7-10)20-3/h4-8H,1-3H3,(H2,16,17). The summed E-state index contributed by atoms with van der Waals surface area (Å²) >= 11 is 0. The van der Waals surface area contributed by atoms with Crippen molar-refractivity contribution >= 4 is 11.6 Å². The highest BCUT2D eigenvalue weighted by Crippen LogP contribution is 2.26. The zero-order valence-corrected chi connectivity index (χ0v) is 11.6. The molecule has 0 aliphatic heterocycles. The minimum atomic E-state index is -0.203. The number of nitrogen functional groups attached to an aromatic ring is 1.